The maximum atomic E-state index is 5.64. The minimum Gasteiger partial charge on any atom is -0.363 e. The van der Waals surface area contributed by atoms with Gasteiger partial charge in [-0.15, -0.1) is 0 Å². The molecular formula is C18H15BrN4S. The molecule has 4 nitrogen and oxygen atoms in total. The third-order valence-corrected chi connectivity index (χ3v) is 4.99. The summed E-state index contributed by atoms with van der Waals surface area (Å²) in [6, 6.07) is 18.2. The fraction of sp³-hybridized carbons (Fsp3) is 0.111. The summed E-state index contributed by atoms with van der Waals surface area (Å²) in [4.78, 5) is 10.0. The van der Waals surface area contributed by atoms with Crippen LogP contribution in [0.3, 0.4) is 0 Å². The first-order valence-electron chi connectivity index (χ1n) is 7.63. The molecule has 0 amide bonds. The van der Waals surface area contributed by atoms with Crippen LogP contribution < -0.4 is 10.2 Å². The van der Waals surface area contributed by atoms with Crippen molar-refractivity contribution >= 4 is 38.9 Å². The van der Waals surface area contributed by atoms with Gasteiger partial charge in [-0.2, -0.15) is 0 Å². The second-order valence-electron chi connectivity index (χ2n) is 5.60. The Morgan fingerprint density at radius 3 is 2.54 bits per heavy atom. The number of benzene rings is 1. The van der Waals surface area contributed by atoms with Crippen LogP contribution in [0.5, 0.6) is 0 Å². The Hall–Kier alpha value is -2.18. The number of thiocarbonyl (C=S) groups is 1. The summed E-state index contributed by atoms with van der Waals surface area (Å²) in [5, 5.41) is 4.14. The average Bonchev–Trinajstić information content (AvgIpc) is 3.24. The van der Waals surface area contributed by atoms with Gasteiger partial charge in [0, 0.05) is 28.2 Å². The van der Waals surface area contributed by atoms with E-state index in [1.165, 1.54) is 0 Å². The Morgan fingerprint density at radius 2 is 1.88 bits per heavy atom. The van der Waals surface area contributed by atoms with Crippen molar-refractivity contribution in [3.05, 3.63) is 82.9 Å². The summed E-state index contributed by atoms with van der Waals surface area (Å²) in [5.41, 5.74) is 3.12. The monoisotopic (exact) mass is 398 g/mol. The van der Waals surface area contributed by atoms with E-state index in [2.05, 4.69) is 54.3 Å². The summed E-state index contributed by atoms with van der Waals surface area (Å²) in [6.45, 7) is 0. The number of pyridine rings is 1. The van der Waals surface area contributed by atoms with Gasteiger partial charge >= 0.3 is 0 Å². The molecule has 1 saturated heterocycles. The van der Waals surface area contributed by atoms with E-state index in [-0.39, 0.29) is 12.1 Å². The number of nitrogens with one attached hydrogen (secondary N) is 2. The summed E-state index contributed by atoms with van der Waals surface area (Å²) in [7, 11) is 0. The van der Waals surface area contributed by atoms with E-state index in [1.54, 1.807) is 0 Å². The van der Waals surface area contributed by atoms with Gasteiger partial charge in [0.1, 0.15) is 6.04 Å². The maximum Gasteiger partial charge on any atom is 0.174 e. The minimum atomic E-state index is -0.0130. The van der Waals surface area contributed by atoms with Gasteiger partial charge in [-0.05, 0) is 60.7 Å². The van der Waals surface area contributed by atoms with Crippen molar-refractivity contribution in [3.8, 4) is 0 Å². The Balaban J connectivity index is 1.80. The van der Waals surface area contributed by atoms with E-state index in [0.29, 0.717) is 5.11 Å². The Kier molecular flexibility index (Phi) is 4.08. The van der Waals surface area contributed by atoms with Gasteiger partial charge in [-0.25, -0.2) is 0 Å². The Morgan fingerprint density at radius 1 is 1.04 bits per heavy atom. The van der Waals surface area contributed by atoms with Gasteiger partial charge in [0.05, 0.1) is 11.7 Å². The molecule has 1 aromatic carbocycles. The molecule has 1 aliphatic rings. The van der Waals surface area contributed by atoms with E-state index in [9.17, 15) is 0 Å². The predicted octanol–water partition coefficient (Wildman–Crippen LogP) is 4.35. The highest BCUT2D eigenvalue weighted by Gasteiger charge is 2.41. The van der Waals surface area contributed by atoms with Gasteiger partial charge in [-0.3, -0.25) is 4.98 Å². The molecule has 0 aliphatic carbocycles. The van der Waals surface area contributed by atoms with Crippen molar-refractivity contribution in [2.24, 2.45) is 0 Å². The van der Waals surface area contributed by atoms with Crippen LogP contribution in [0.1, 0.15) is 23.5 Å². The van der Waals surface area contributed by atoms with Crippen molar-refractivity contribution in [2.45, 2.75) is 12.1 Å². The van der Waals surface area contributed by atoms with E-state index < -0.39 is 0 Å². The molecule has 24 heavy (non-hydrogen) atoms. The number of nitrogens with zero attached hydrogens (tertiary/aromatic N) is 2. The third kappa shape index (κ3) is 2.72. The smallest absolute Gasteiger partial charge is 0.174 e. The predicted molar refractivity (Wildman–Crippen MR) is 103 cm³/mol. The van der Waals surface area contributed by atoms with Crippen LogP contribution >= 0.6 is 28.1 Å². The Bertz CT molecular complexity index is 833. The summed E-state index contributed by atoms with van der Waals surface area (Å²) < 4.78 is 1.04. The summed E-state index contributed by atoms with van der Waals surface area (Å²) >= 11 is 9.13. The Labute approximate surface area is 154 Å². The second-order valence-corrected chi connectivity index (χ2v) is 6.90. The van der Waals surface area contributed by atoms with Gasteiger partial charge in [0.15, 0.2) is 5.11 Å². The number of aromatic amines is 1. The maximum absolute atomic E-state index is 5.64. The van der Waals surface area contributed by atoms with Crippen molar-refractivity contribution in [2.75, 3.05) is 4.90 Å². The topological polar surface area (TPSA) is 44.0 Å². The van der Waals surface area contributed by atoms with E-state index in [4.69, 9.17) is 12.2 Å². The van der Waals surface area contributed by atoms with Gasteiger partial charge in [-0.1, -0.05) is 22.0 Å². The second kappa shape index (κ2) is 6.37. The molecule has 0 spiro atoms. The fourth-order valence-corrected chi connectivity index (χ4v) is 3.69. The van der Waals surface area contributed by atoms with Crippen molar-refractivity contribution < 1.29 is 0 Å². The van der Waals surface area contributed by atoms with Crippen LogP contribution in [0.25, 0.3) is 0 Å². The van der Waals surface area contributed by atoms with E-state index >= 15 is 0 Å². The SMILES string of the molecule is S=C1N[C@H](c2ccccn2)[C@H](c2ccc[nH]2)N1c1ccc(Br)cc1. The van der Waals surface area contributed by atoms with Crippen LogP contribution in [-0.4, -0.2) is 15.1 Å². The third-order valence-electron chi connectivity index (χ3n) is 4.14. The number of aromatic nitrogens is 2. The average molecular weight is 399 g/mol. The van der Waals surface area contributed by atoms with Crippen molar-refractivity contribution in [1.82, 2.24) is 15.3 Å². The van der Waals surface area contributed by atoms with Crippen molar-refractivity contribution in [3.63, 3.8) is 0 Å². The first kappa shape index (κ1) is 15.4. The lowest BCUT2D eigenvalue weighted by atomic mass is 10.0. The molecule has 120 valence electrons. The zero-order valence-electron chi connectivity index (χ0n) is 12.7. The highest BCUT2D eigenvalue weighted by atomic mass is 79.9. The minimum absolute atomic E-state index is 0.0130. The van der Waals surface area contributed by atoms with Crippen LogP contribution in [0, 0.1) is 0 Å². The number of halogens is 1. The van der Waals surface area contributed by atoms with Crippen LogP contribution in [0.4, 0.5) is 5.69 Å². The van der Waals surface area contributed by atoms with Crippen molar-refractivity contribution in [1.29, 1.82) is 0 Å². The molecule has 0 saturated carbocycles. The summed E-state index contributed by atoms with van der Waals surface area (Å²) in [5.74, 6) is 0. The highest BCUT2D eigenvalue weighted by Crippen LogP contribution is 2.40. The number of hydrogen-bond donors (Lipinski definition) is 2. The number of rotatable bonds is 3. The molecular weight excluding hydrogens is 384 g/mol. The van der Waals surface area contributed by atoms with Crippen LogP contribution in [0.15, 0.2) is 71.5 Å². The summed E-state index contributed by atoms with van der Waals surface area (Å²) in [6.07, 6.45) is 3.75. The lowest BCUT2D eigenvalue weighted by molar-refractivity contribution is 0.558. The largest absolute Gasteiger partial charge is 0.363 e. The van der Waals surface area contributed by atoms with Gasteiger partial charge in [0.25, 0.3) is 0 Å². The quantitative estimate of drug-likeness (QED) is 0.643. The molecule has 0 bridgehead atoms. The molecule has 3 aromatic rings. The molecule has 3 heterocycles. The van der Waals surface area contributed by atoms with Crippen LogP contribution in [0.2, 0.25) is 0 Å². The standard InChI is InChI=1S/C18H15BrN4S/c19-12-6-8-13(9-7-12)23-17(15-5-3-11-21-15)16(22-18(23)24)14-4-1-2-10-20-14/h1-11,16-17,21H,(H,22,24)/t16-,17+/m1/s1. The fourth-order valence-electron chi connectivity index (χ4n) is 3.08. The molecule has 2 aromatic heterocycles. The lowest BCUT2D eigenvalue weighted by Crippen LogP contribution is -2.29. The number of anilines is 1. The zero-order chi connectivity index (χ0) is 16.5. The molecule has 6 heteroatoms. The van der Waals surface area contributed by atoms with Crippen LogP contribution in [-0.2, 0) is 0 Å². The van der Waals surface area contributed by atoms with Gasteiger partial charge < -0.3 is 15.2 Å². The normalized spacial score (nSPS) is 20.2. The molecule has 1 fully saturated rings. The first-order chi connectivity index (χ1) is 11.7. The lowest BCUT2D eigenvalue weighted by Gasteiger charge is -2.27. The molecule has 0 radical (unpaired) electrons. The van der Waals surface area contributed by atoms with E-state index in [1.807, 2.05) is 48.8 Å². The number of hydrogen-bond acceptors (Lipinski definition) is 2. The molecule has 2 N–H and O–H groups in total. The molecule has 0 unspecified atom stereocenters. The molecule has 1 aliphatic heterocycles. The highest BCUT2D eigenvalue weighted by molar-refractivity contribution is 9.10. The zero-order valence-corrected chi connectivity index (χ0v) is 15.1. The molecule has 2 atom stereocenters. The van der Waals surface area contributed by atoms with E-state index in [0.717, 1.165) is 21.5 Å². The molecule has 4 rings (SSSR count). The first-order valence-corrected chi connectivity index (χ1v) is 8.83. The van der Waals surface area contributed by atoms with Gasteiger partial charge in [0.2, 0.25) is 0 Å². The number of H-pyrrole nitrogens is 1.